The van der Waals surface area contributed by atoms with E-state index < -0.39 is 0 Å². The Kier molecular flexibility index (Phi) is 4.08. The van der Waals surface area contributed by atoms with Gasteiger partial charge in [-0.15, -0.1) is 10.2 Å². The van der Waals surface area contributed by atoms with E-state index in [4.69, 9.17) is 32.4 Å². The summed E-state index contributed by atoms with van der Waals surface area (Å²) in [5.74, 6) is 1.34. The fourth-order valence-electron chi connectivity index (χ4n) is 1.75. The van der Waals surface area contributed by atoms with Crippen LogP contribution in [-0.4, -0.2) is 10.2 Å². The first kappa shape index (κ1) is 13.9. The summed E-state index contributed by atoms with van der Waals surface area (Å²) in [5.41, 5.74) is 0.763. The number of halogens is 2. The molecule has 3 rings (SSSR count). The zero-order valence-electron chi connectivity index (χ0n) is 10.8. The van der Waals surface area contributed by atoms with E-state index in [0.717, 1.165) is 5.56 Å². The fourth-order valence-corrected chi connectivity index (χ4v) is 2.13. The van der Waals surface area contributed by atoms with E-state index >= 15 is 0 Å². The molecule has 4 nitrogen and oxygen atoms in total. The molecule has 1 heterocycles. The molecule has 0 aliphatic rings. The number of aromatic nitrogens is 2. The lowest BCUT2D eigenvalue weighted by Crippen LogP contribution is -1.95. The predicted molar refractivity (Wildman–Crippen MR) is 80.5 cm³/mol. The summed E-state index contributed by atoms with van der Waals surface area (Å²) in [5, 5.41) is 9.06. The molecule has 0 aliphatic carbocycles. The number of benzene rings is 2. The fraction of sp³-hybridized carbons (Fsp3) is 0.0667. The number of ether oxygens (including phenoxy) is 1. The lowest BCUT2D eigenvalue weighted by Gasteiger charge is -2.04. The van der Waals surface area contributed by atoms with Crippen LogP contribution in [0.4, 0.5) is 0 Å². The number of para-hydroxylation sites is 1. The molecule has 0 N–H and O–H groups in total. The molecule has 21 heavy (non-hydrogen) atoms. The topological polar surface area (TPSA) is 48.2 Å². The third kappa shape index (κ3) is 3.35. The molecule has 0 fully saturated rings. The second-order valence-electron chi connectivity index (χ2n) is 4.23. The van der Waals surface area contributed by atoms with Crippen molar-refractivity contribution in [2.45, 2.75) is 6.61 Å². The van der Waals surface area contributed by atoms with Gasteiger partial charge in [-0.3, -0.25) is 0 Å². The van der Waals surface area contributed by atoms with Gasteiger partial charge in [-0.25, -0.2) is 0 Å². The quantitative estimate of drug-likeness (QED) is 0.703. The first-order valence-electron chi connectivity index (χ1n) is 6.18. The summed E-state index contributed by atoms with van der Waals surface area (Å²) in [4.78, 5) is 0. The van der Waals surface area contributed by atoms with Gasteiger partial charge in [0.15, 0.2) is 6.61 Å². The molecular formula is C15H10Cl2N2O2. The maximum absolute atomic E-state index is 6.00. The van der Waals surface area contributed by atoms with Crippen molar-refractivity contribution in [3.05, 3.63) is 64.5 Å². The number of nitrogens with zero attached hydrogens (tertiary/aromatic N) is 2. The lowest BCUT2D eigenvalue weighted by atomic mass is 10.2. The Morgan fingerprint density at radius 3 is 2.67 bits per heavy atom. The van der Waals surface area contributed by atoms with Crippen molar-refractivity contribution in [2.24, 2.45) is 0 Å². The molecular weight excluding hydrogens is 311 g/mol. The Labute approximate surface area is 131 Å². The van der Waals surface area contributed by atoms with Gasteiger partial charge in [0.25, 0.3) is 5.89 Å². The summed E-state index contributed by atoms with van der Waals surface area (Å²) in [6.07, 6.45) is 0. The van der Waals surface area contributed by atoms with Crippen LogP contribution in [0.3, 0.4) is 0 Å². The summed E-state index contributed by atoms with van der Waals surface area (Å²) in [7, 11) is 0. The Bertz CT molecular complexity index is 759. The van der Waals surface area contributed by atoms with Gasteiger partial charge in [0, 0.05) is 10.6 Å². The minimum atomic E-state index is 0.150. The largest absolute Gasteiger partial charge is 0.482 e. The van der Waals surface area contributed by atoms with E-state index in [2.05, 4.69) is 10.2 Å². The number of hydrogen-bond donors (Lipinski definition) is 0. The molecule has 0 atom stereocenters. The minimum Gasteiger partial charge on any atom is -0.482 e. The van der Waals surface area contributed by atoms with Crippen LogP contribution in [0.5, 0.6) is 5.75 Å². The minimum absolute atomic E-state index is 0.150. The Morgan fingerprint density at radius 2 is 1.86 bits per heavy atom. The highest BCUT2D eigenvalue weighted by molar-refractivity contribution is 6.32. The van der Waals surface area contributed by atoms with Gasteiger partial charge >= 0.3 is 0 Å². The van der Waals surface area contributed by atoms with E-state index in [9.17, 15) is 0 Å². The molecule has 0 spiro atoms. The Morgan fingerprint density at radius 1 is 1.00 bits per heavy atom. The van der Waals surface area contributed by atoms with Gasteiger partial charge in [0.05, 0.1) is 5.02 Å². The van der Waals surface area contributed by atoms with E-state index in [1.807, 2.05) is 24.3 Å². The monoisotopic (exact) mass is 320 g/mol. The van der Waals surface area contributed by atoms with Crippen LogP contribution < -0.4 is 4.74 Å². The predicted octanol–water partition coefficient (Wildman–Crippen LogP) is 4.62. The van der Waals surface area contributed by atoms with Crippen molar-refractivity contribution in [1.29, 1.82) is 0 Å². The first-order valence-corrected chi connectivity index (χ1v) is 6.93. The molecule has 0 saturated carbocycles. The summed E-state index contributed by atoms with van der Waals surface area (Å²) >= 11 is 11.9. The molecule has 2 aromatic carbocycles. The van der Waals surface area contributed by atoms with Crippen LogP contribution >= 0.6 is 23.2 Å². The second kappa shape index (κ2) is 6.16. The maximum Gasteiger partial charge on any atom is 0.254 e. The van der Waals surface area contributed by atoms with E-state index in [-0.39, 0.29) is 6.61 Å². The smallest absolute Gasteiger partial charge is 0.254 e. The Balaban J connectivity index is 1.72. The van der Waals surface area contributed by atoms with Gasteiger partial charge in [-0.05, 0) is 30.3 Å². The standard InChI is InChI=1S/C15H10Cl2N2O2/c16-11-5-3-4-10(8-11)15-19-18-14(21-15)9-20-13-7-2-1-6-12(13)17/h1-8H,9H2. The molecule has 0 amide bonds. The normalized spacial score (nSPS) is 10.6. The lowest BCUT2D eigenvalue weighted by molar-refractivity contribution is 0.264. The average Bonchev–Trinajstić information content (AvgIpc) is 2.95. The van der Waals surface area contributed by atoms with Crippen LogP contribution in [0.1, 0.15) is 5.89 Å². The Hall–Kier alpha value is -2.04. The molecule has 3 aromatic rings. The van der Waals surface area contributed by atoms with E-state index in [0.29, 0.717) is 27.6 Å². The highest BCUT2D eigenvalue weighted by Crippen LogP contribution is 2.25. The van der Waals surface area contributed by atoms with Gasteiger partial charge < -0.3 is 9.15 Å². The third-order valence-electron chi connectivity index (χ3n) is 2.73. The van der Waals surface area contributed by atoms with Crippen molar-refractivity contribution < 1.29 is 9.15 Å². The van der Waals surface area contributed by atoms with Crippen LogP contribution in [0.2, 0.25) is 10.0 Å². The van der Waals surface area contributed by atoms with Gasteiger partial charge in [-0.1, -0.05) is 41.4 Å². The maximum atomic E-state index is 6.00. The molecule has 0 bridgehead atoms. The highest BCUT2D eigenvalue weighted by atomic mass is 35.5. The SMILES string of the molecule is Clc1cccc(-c2nnc(COc3ccccc3Cl)o2)c1. The zero-order valence-corrected chi connectivity index (χ0v) is 12.3. The van der Waals surface area contributed by atoms with Crippen molar-refractivity contribution in [3.8, 4) is 17.2 Å². The van der Waals surface area contributed by atoms with Crippen LogP contribution in [-0.2, 0) is 6.61 Å². The van der Waals surface area contributed by atoms with Gasteiger partial charge in [0.2, 0.25) is 5.89 Å². The van der Waals surface area contributed by atoms with E-state index in [1.54, 1.807) is 24.3 Å². The van der Waals surface area contributed by atoms with Crippen LogP contribution in [0.25, 0.3) is 11.5 Å². The molecule has 0 radical (unpaired) electrons. The summed E-state index contributed by atoms with van der Waals surface area (Å²) in [6.45, 7) is 0.150. The summed E-state index contributed by atoms with van der Waals surface area (Å²) < 4.78 is 11.1. The number of rotatable bonds is 4. The molecule has 0 saturated heterocycles. The van der Waals surface area contributed by atoms with Crippen molar-refractivity contribution in [1.82, 2.24) is 10.2 Å². The van der Waals surface area contributed by atoms with Crippen LogP contribution in [0.15, 0.2) is 52.9 Å². The van der Waals surface area contributed by atoms with E-state index in [1.165, 1.54) is 0 Å². The summed E-state index contributed by atoms with van der Waals surface area (Å²) in [6, 6.07) is 14.4. The molecule has 0 aliphatic heterocycles. The molecule has 106 valence electrons. The van der Waals surface area contributed by atoms with Crippen molar-refractivity contribution in [2.75, 3.05) is 0 Å². The third-order valence-corrected chi connectivity index (χ3v) is 3.27. The average molecular weight is 321 g/mol. The van der Waals surface area contributed by atoms with Crippen molar-refractivity contribution >= 4 is 23.2 Å². The zero-order chi connectivity index (χ0) is 14.7. The van der Waals surface area contributed by atoms with Gasteiger partial charge in [0.1, 0.15) is 5.75 Å². The highest BCUT2D eigenvalue weighted by Gasteiger charge is 2.10. The van der Waals surface area contributed by atoms with Crippen molar-refractivity contribution in [3.63, 3.8) is 0 Å². The van der Waals surface area contributed by atoms with Gasteiger partial charge in [-0.2, -0.15) is 0 Å². The second-order valence-corrected chi connectivity index (χ2v) is 5.07. The molecule has 6 heteroatoms. The van der Waals surface area contributed by atoms with Crippen LogP contribution in [0, 0.1) is 0 Å². The molecule has 1 aromatic heterocycles. The number of hydrogen-bond acceptors (Lipinski definition) is 4. The molecule has 0 unspecified atom stereocenters. The first-order chi connectivity index (χ1) is 10.2.